The highest BCUT2D eigenvalue weighted by Gasteiger charge is 2.61. The van der Waals surface area contributed by atoms with Crippen molar-refractivity contribution in [3.63, 3.8) is 0 Å². The Bertz CT molecular complexity index is 1400. The molecule has 1 atom stereocenters. The van der Waals surface area contributed by atoms with Gasteiger partial charge in [0.05, 0.1) is 11.3 Å². The van der Waals surface area contributed by atoms with Gasteiger partial charge in [0.25, 0.3) is 0 Å². The maximum atomic E-state index is 13.8. The highest BCUT2D eigenvalue weighted by molar-refractivity contribution is 9.10. The Labute approximate surface area is 215 Å². The lowest BCUT2D eigenvalue weighted by atomic mass is 9.61. The van der Waals surface area contributed by atoms with Crippen LogP contribution >= 0.6 is 39.1 Å². The molecule has 172 valence electrons. The second kappa shape index (κ2) is 7.61. The predicted molar refractivity (Wildman–Crippen MR) is 135 cm³/mol. The Morgan fingerprint density at radius 3 is 2.44 bits per heavy atom. The van der Waals surface area contributed by atoms with Gasteiger partial charge >= 0.3 is 0 Å². The molecule has 1 amide bonds. The molecule has 0 saturated carbocycles. The molecule has 0 radical (unpaired) electrons. The lowest BCUT2D eigenvalue weighted by molar-refractivity contribution is -0.123. The Morgan fingerprint density at radius 1 is 1.12 bits per heavy atom. The quantitative estimate of drug-likeness (QED) is 0.461. The van der Waals surface area contributed by atoms with E-state index in [9.17, 15) is 14.9 Å². The van der Waals surface area contributed by atoms with Crippen LogP contribution in [0.2, 0.25) is 10.0 Å². The number of anilines is 2. The first-order valence-electron chi connectivity index (χ1n) is 10.5. The maximum Gasteiger partial charge on any atom is 0.245 e. The summed E-state index contributed by atoms with van der Waals surface area (Å²) in [5.74, 6) is -0.606. The van der Waals surface area contributed by atoms with E-state index in [-0.39, 0.29) is 29.2 Å². The number of benzene rings is 2. The van der Waals surface area contributed by atoms with E-state index in [2.05, 4.69) is 27.3 Å². The monoisotopic (exact) mass is 556 g/mol. The van der Waals surface area contributed by atoms with Crippen LogP contribution < -0.4 is 16.0 Å². The SMILES string of the molecule is CC1(C)CC(=O)C2=C(C1)N(c1cc(Cl)cc(Cl)c1)C(N)=C(C#N)C21C(=O)Nc2ccc(Br)cc21. The van der Waals surface area contributed by atoms with Crippen molar-refractivity contribution in [1.29, 1.82) is 5.26 Å². The Morgan fingerprint density at radius 2 is 1.79 bits per heavy atom. The smallest absolute Gasteiger partial charge is 0.245 e. The van der Waals surface area contributed by atoms with Crippen molar-refractivity contribution in [2.45, 2.75) is 32.1 Å². The number of hydrogen-bond acceptors (Lipinski definition) is 5. The van der Waals surface area contributed by atoms with Gasteiger partial charge in [-0.2, -0.15) is 5.26 Å². The number of carbonyl (C=O) groups excluding carboxylic acids is 2. The number of rotatable bonds is 1. The number of amides is 1. The van der Waals surface area contributed by atoms with Crippen LogP contribution in [0.15, 0.2) is 63.5 Å². The van der Waals surface area contributed by atoms with Crippen molar-refractivity contribution in [2.75, 3.05) is 10.2 Å². The van der Waals surface area contributed by atoms with Crippen LogP contribution in [-0.2, 0) is 15.0 Å². The van der Waals surface area contributed by atoms with Crippen molar-refractivity contribution in [1.82, 2.24) is 0 Å². The molecular weight excluding hydrogens is 539 g/mol. The maximum absolute atomic E-state index is 13.8. The number of hydrogen-bond donors (Lipinski definition) is 2. The van der Waals surface area contributed by atoms with E-state index >= 15 is 0 Å². The van der Waals surface area contributed by atoms with Crippen molar-refractivity contribution >= 4 is 62.2 Å². The van der Waals surface area contributed by atoms with Gasteiger partial charge in [0.15, 0.2) is 5.78 Å². The zero-order chi connectivity index (χ0) is 24.6. The molecule has 0 saturated heterocycles. The summed E-state index contributed by atoms with van der Waals surface area (Å²) >= 11 is 16.0. The second-order valence-electron chi connectivity index (χ2n) is 9.49. The van der Waals surface area contributed by atoms with Crippen molar-refractivity contribution < 1.29 is 9.59 Å². The first-order chi connectivity index (χ1) is 16.0. The normalized spacial score (nSPS) is 23.1. The number of Topliss-reactive ketones (excluding diaryl/α,β-unsaturated/α-hetero) is 1. The van der Waals surface area contributed by atoms with Gasteiger partial charge in [0, 0.05) is 43.5 Å². The number of ketones is 1. The Hall–Kier alpha value is -2.79. The molecule has 6 nitrogen and oxygen atoms in total. The minimum absolute atomic E-state index is 0.00949. The summed E-state index contributed by atoms with van der Waals surface area (Å²) in [6.45, 7) is 3.98. The van der Waals surface area contributed by atoms with Crippen LogP contribution in [0.4, 0.5) is 11.4 Å². The summed E-state index contributed by atoms with van der Waals surface area (Å²) in [6.07, 6.45) is 0.683. The summed E-state index contributed by atoms with van der Waals surface area (Å²) < 4.78 is 0.716. The standard InChI is InChI=1S/C25H19BrCl2N4O2/c1-24(2)9-19-21(20(33)10-24)25(16-5-12(26)3-4-18(16)31-23(25)34)17(11-29)22(30)32(19)15-7-13(27)6-14(28)8-15/h3-8H,9-10,30H2,1-2H3,(H,31,34). The third-order valence-electron chi connectivity index (χ3n) is 6.56. The molecule has 2 aromatic rings. The van der Waals surface area contributed by atoms with E-state index in [4.69, 9.17) is 28.9 Å². The van der Waals surface area contributed by atoms with Crippen LogP contribution in [0.3, 0.4) is 0 Å². The second-order valence-corrected chi connectivity index (χ2v) is 11.3. The van der Waals surface area contributed by atoms with Crippen LogP contribution in [0.25, 0.3) is 0 Å². The third-order valence-corrected chi connectivity index (χ3v) is 7.49. The molecule has 34 heavy (non-hydrogen) atoms. The van der Waals surface area contributed by atoms with Crippen LogP contribution in [0, 0.1) is 16.7 Å². The highest BCUT2D eigenvalue weighted by atomic mass is 79.9. The number of nitrogens with zero attached hydrogens (tertiary/aromatic N) is 2. The van der Waals surface area contributed by atoms with Gasteiger partial charge in [-0.05, 0) is 48.2 Å². The number of nitrogens with one attached hydrogen (secondary N) is 1. The summed E-state index contributed by atoms with van der Waals surface area (Å²) in [5.41, 5.74) is 7.05. The van der Waals surface area contributed by atoms with Crippen LogP contribution in [0.5, 0.6) is 0 Å². The molecule has 1 spiro atoms. The summed E-state index contributed by atoms with van der Waals surface area (Å²) in [4.78, 5) is 29.2. The Balaban J connectivity index is 1.92. The lowest BCUT2D eigenvalue weighted by Gasteiger charge is -2.46. The number of nitrogens with two attached hydrogens (primary N) is 1. The molecule has 0 aromatic heterocycles. The number of fused-ring (bicyclic) bond motifs is 3. The fourth-order valence-electron chi connectivity index (χ4n) is 5.35. The molecule has 1 unspecified atom stereocenters. The van der Waals surface area contributed by atoms with E-state index in [0.29, 0.717) is 43.6 Å². The minimum Gasteiger partial charge on any atom is -0.384 e. The average Bonchev–Trinajstić information content (AvgIpc) is 2.98. The van der Waals surface area contributed by atoms with Gasteiger partial charge in [-0.3, -0.25) is 14.5 Å². The Kier molecular flexibility index (Phi) is 5.14. The molecule has 1 aliphatic carbocycles. The first-order valence-corrected chi connectivity index (χ1v) is 12.1. The molecule has 3 N–H and O–H groups in total. The molecule has 2 aliphatic heterocycles. The van der Waals surface area contributed by atoms with Gasteiger partial charge in [-0.25, -0.2) is 0 Å². The highest BCUT2D eigenvalue weighted by Crippen LogP contribution is 2.57. The summed E-state index contributed by atoms with van der Waals surface area (Å²) in [7, 11) is 0. The lowest BCUT2D eigenvalue weighted by Crippen LogP contribution is -2.52. The van der Waals surface area contributed by atoms with Crippen molar-refractivity contribution in [3.8, 4) is 6.07 Å². The van der Waals surface area contributed by atoms with Gasteiger partial charge in [-0.1, -0.05) is 53.0 Å². The van der Waals surface area contributed by atoms with Crippen molar-refractivity contribution in [2.24, 2.45) is 11.1 Å². The van der Waals surface area contributed by atoms with E-state index in [0.717, 1.165) is 0 Å². The number of halogens is 3. The fraction of sp³-hybridized carbons (Fsp3) is 0.240. The molecule has 0 bridgehead atoms. The van der Waals surface area contributed by atoms with E-state index in [1.807, 2.05) is 13.8 Å². The zero-order valence-electron chi connectivity index (χ0n) is 18.3. The molecule has 5 rings (SSSR count). The topological polar surface area (TPSA) is 99.2 Å². The number of nitriles is 1. The average molecular weight is 558 g/mol. The molecule has 9 heteroatoms. The number of carbonyl (C=O) groups is 2. The number of allylic oxidation sites excluding steroid dienone is 1. The van der Waals surface area contributed by atoms with Gasteiger partial charge in [0.1, 0.15) is 17.3 Å². The molecule has 3 aliphatic rings. The molecular formula is C25H19BrCl2N4O2. The van der Waals surface area contributed by atoms with E-state index in [1.165, 1.54) is 0 Å². The largest absolute Gasteiger partial charge is 0.384 e. The van der Waals surface area contributed by atoms with Crippen LogP contribution in [0.1, 0.15) is 32.3 Å². The van der Waals surface area contributed by atoms with Gasteiger partial charge in [0.2, 0.25) is 5.91 Å². The van der Waals surface area contributed by atoms with E-state index < -0.39 is 16.7 Å². The summed E-state index contributed by atoms with van der Waals surface area (Å²) in [6, 6.07) is 12.4. The van der Waals surface area contributed by atoms with Crippen LogP contribution in [-0.4, -0.2) is 11.7 Å². The zero-order valence-corrected chi connectivity index (χ0v) is 21.4. The minimum atomic E-state index is -1.64. The van der Waals surface area contributed by atoms with Gasteiger partial charge < -0.3 is 11.1 Å². The third kappa shape index (κ3) is 3.13. The van der Waals surface area contributed by atoms with E-state index in [1.54, 1.807) is 41.3 Å². The van der Waals surface area contributed by atoms with Gasteiger partial charge in [-0.15, -0.1) is 0 Å². The summed E-state index contributed by atoms with van der Waals surface area (Å²) in [5, 5.41) is 14.0. The fourth-order valence-corrected chi connectivity index (χ4v) is 6.23. The first kappa shape index (κ1) is 23.0. The predicted octanol–water partition coefficient (Wildman–Crippen LogP) is 5.80. The van der Waals surface area contributed by atoms with Crippen molar-refractivity contribution in [3.05, 3.63) is 79.1 Å². The molecule has 2 heterocycles. The molecule has 0 fully saturated rings. The molecule has 2 aromatic carbocycles.